The first-order valence-electron chi connectivity index (χ1n) is 6.49. The lowest BCUT2D eigenvalue weighted by atomic mass is 9.73. The SMILES string of the molecule is Cc1nc(CC2(c3cccc(Cl)c3)CNC2)sc1C. The molecular weight excluding hydrogens is 276 g/mol. The van der Waals surface area contributed by atoms with E-state index in [4.69, 9.17) is 11.6 Å². The molecule has 3 rings (SSSR count). The normalized spacial score (nSPS) is 17.2. The summed E-state index contributed by atoms with van der Waals surface area (Å²) >= 11 is 7.95. The molecule has 100 valence electrons. The Balaban J connectivity index is 1.91. The molecule has 1 saturated heterocycles. The summed E-state index contributed by atoms with van der Waals surface area (Å²) in [6.45, 7) is 6.23. The zero-order valence-corrected chi connectivity index (χ0v) is 12.7. The zero-order chi connectivity index (χ0) is 13.5. The Kier molecular flexibility index (Phi) is 3.37. The number of nitrogens with one attached hydrogen (secondary N) is 1. The van der Waals surface area contributed by atoms with Gasteiger partial charge in [0.1, 0.15) is 0 Å². The van der Waals surface area contributed by atoms with Gasteiger partial charge in [0.15, 0.2) is 0 Å². The highest BCUT2D eigenvalue weighted by Gasteiger charge is 2.39. The van der Waals surface area contributed by atoms with Gasteiger partial charge >= 0.3 is 0 Å². The minimum Gasteiger partial charge on any atom is -0.315 e. The quantitative estimate of drug-likeness (QED) is 0.936. The Morgan fingerprint density at radius 3 is 2.68 bits per heavy atom. The summed E-state index contributed by atoms with van der Waals surface area (Å²) in [7, 11) is 0. The summed E-state index contributed by atoms with van der Waals surface area (Å²) in [5.74, 6) is 0. The highest BCUT2D eigenvalue weighted by molar-refractivity contribution is 7.11. The van der Waals surface area contributed by atoms with Crippen LogP contribution in [0.15, 0.2) is 24.3 Å². The number of hydrogen-bond donors (Lipinski definition) is 1. The van der Waals surface area contributed by atoms with Gasteiger partial charge in [-0.2, -0.15) is 0 Å². The maximum atomic E-state index is 6.13. The molecule has 1 aromatic heterocycles. The first-order valence-corrected chi connectivity index (χ1v) is 7.68. The molecule has 2 nitrogen and oxygen atoms in total. The molecule has 1 fully saturated rings. The lowest BCUT2D eigenvalue weighted by Crippen LogP contribution is -2.58. The van der Waals surface area contributed by atoms with Crippen LogP contribution in [0.1, 0.15) is 21.1 Å². The molecule has 0 unspecified atom stereocenters. The van der Waals surface area contributed by atoms with Gasteiger partial charge in [-0.05, 0) is 31.5 Å². The summed E-state index contributed by atoms with van der Waals surface area (Å²) in [5, 5.41) is 5.44. The van der Waals surface area contributed by atoms with E-state index < -0.39 is 0 Å². The van der Waals surface area contributed by atoms with E-state index in [1.54, 1.807) is 0 Å². The van der Waals surface area contributed by atoms with Gasteiger partial charge in [-0.15, -0.1) is 11.3 Å². The Labute approximate surface area is 122 Å². The van der Waals surface area contributed by atoms with Crippen LogP contribution in [0, 0.1) is 13.8 Å². The van der Waals surface area contributed by atoms with E-state index in [1.807, 2.05) is 23.5 Å². The van der Waals surface area contributed by atoms with Crippen LogP contribution in [0.3, 0.4) is 0 Å². The minimum atomic E-state index is 0.168. The average Bonchev–Trinajstić information content (AvgIpc) is 2.63. The second-order valence-corrected chi connectivity index (χ2v) is 7.04. The number of aromatic nitrogens is 1. The number of thiazole rings is 1. The summed E-state index contributed by atoms with van der Waals surface area (Å²) < 4.78 is 0. The third-order valence-corrected chi connectivity index (χ3v) is 5.23. The van der Waals surface area contributed by atoms with Gasteiger partial charge in [0.05, 0.1) is 10.7 Å². The topological polar surface area (TPSA) is 24.9 Å². The lowest BCUT2D eigenvalue weighted by Gasteiger charge is -2.43. The second kappa shape index (κ2) is 4.89. The van der Waals surface area contributed by atoms with Crippen molar-refractivity contribution in [2.75, 3.05) is 13.1 Å². The van der Waals surface area contributed by atoms with Crippen molar-refractivity contribution < 1.29 is 0 Å². The van der Waals surface area contributed by atoms with Gasteiger partial charge in [0.25, 0.3) is 0 Å². The van der Waals surface area contributed by atoms with Gasteiger partial charge in [0.2, 0.25) is 0 Å². The van der Waals surface area contributed by atoms with E-state index in [9.17, 15) is 0 Å². The lowest BCUT2D eigenvalue weighted by molar-refractivity contribution is 0.274. The molecule has 1 aromatic carbocycles. The number of halogens is 1. The summed E-state index contributed by atoms with van der Waals surface area (Å²) in [4.78, 5) is 6.01. The number of hydrogen-bond acceptors (Lipinski definition) is 3. The molecule has 0 bridgehead atoms. The van der Waals surface area contributed by atoms with Crippen molar-refractivity contribution in [1.29, 1.82) is 0 Å². The highest BCUT2D eigenvalue weighted by atomic mass is 35.5. The maximum absolute atomic E-state index is 6.13. The van der Waals surface area contributed by atoms with E-state index in [0.29, 0.717) is 0 Å². The summed E-state index contributed by atoms with van der Waals surface area (Å²) in [6, 6.07) is 8.24. The van der Waals surface area contributed by atoms with Crippen molar-refractivity contribution in [2.24, 2.45) is 0 Å². The zero-order valence-electron chi connectivity index (χ0n) is 11.2. The molecule has 1 aliphatic rings. The van der Waals surface area contributed by atoms with Gasteiger partial charge in [-0.25, -0.2) is 4.98 Å². The van der Waals surface area contributed by atoms with Crippen molar-refractivity contribution in [3.05, 3.63) is 50.4 Å². The van der Waals surface area contributed by atoms with Crippen molar-refractivity contribution in [3.8, 4) is 0 Å². The number of benzene rings is 1. The fourth-order valence-electron chi connectivity index (χ4n) is 2.58. The monoisotopic (exact) mass is 292 g/mol. The van der Waals surface area contributed by atoms with Gasteiger partial charge < -0.3 is 5.32 Å². The smallest absolute Gasteiger partial charge is 0.0940 e. The molecule has 1 N–H and O–H groups in total. The van der Waals surface area contributed by atoms with Crippen molar-refractivity contribution >= 4 is 22.9 Å². The fourth-order valence-corrected chi connectivity index (χ4v) is 3.85. The number of aryl methyl sites for hydroxylation is 2. The standard InChI is InChI=1S/C15H17ClN2S/c1-10-11(2)19-14(18-10)7-15(8-17-9-15)12-4-3-5-13(16)6-12/h3-6,17H,7-9H2,1-2H3. The Hall–Kier alpha value is -0.900. The Morgan fingerprint density at radius 2 is 2.16 bits per heavy atom. The highest BCUT2D eigenvalue weighted by Crippen LogP contribution is 2.35. The van der Waals surface area contributed by atoms with E-state index in [-0.39, 0.29) is 5.41 Å². The molecule has 4 heteroatoms. The number of rotatable bonds is 3. The molecule has 1 aliphatic heterocycles. The van der Waals surface area contributed by atoms with Gasteiger partial charge in [-0.1, -0.05) is 23.7 Å². The van der Waals surface area contributed by atoms with E-state index >= 15 is 0 Å². The molecule has 19 heavy (non-hydrogen) atoms. The van der Waals surface area contributed by atoms with Gasteiger partial charge in [0, 0.05) is 34.8 Å². The van der Waals surface area contributed by atoms with E-state index in [2.05, 4.69) is 36.3 Å². The van der Waals surface area contributed by atoms with E-state index in [0.717, 1.165) is 30.2 Å². The summed E-state index contributed by atoms with van der Waals surface area (Å²) in [6.07, 6.45) is 1.000. The average molecular weight is 293 g/mol. The van der Waals surface area contributed by atoms with Crippen molar-refractivity contribution in [3.63, 3.8) is 0 Å². The first-order chi connectivity index (χ1) is 9.09. The van der Waals surface area contributed by atoms with E-state index in [1.165, 1.54) is 15.4 Å². The number of nitrogens with zero attached hydrogens (tertiary/aromatic N) is 1. The molecule has 0 aliphatic carbocycles. The Morgan fingerprint density at radius 1 is 1.37 bits per heavy atom. The molecular formula is C15H17ClN2S. The third kappa shape index (κ3) is 2.42. The predicted molar refractivity (Wildman–Crippen MR) is 81.3 cm³/mol. The molecule has 0 spiro atoms. The van der Waals surface area contributed by atoms with Gasteiger partial charge in [-0.3, -0.25) is 0 Å². The van der Waals surface area contributed by atoms with Crippen LogP contribution < -0.4 is 5.32 Å². The maximum Gasteiger partial charge on any atom is 0.0940 e. The van der Waals surface area contributed by atoms with Crippen LogP contribution in [-0.2, 0) is 11.8 Å². The molecule has 2 aromatic rings. The fraction of sp³-hybridized carbons (Fsp3) is 0.400. The van der Waals surface area contributed by atoms with Crippen molar-refractivity contribution in [1.82, 2.24) is 10.3 Å². The minimum absolute atomic E-state index is 0.168. The molecule has 2 heterocycles. The van der Waals surface area contributed by atoms with Crippen LogP contribution in [0.5, 0.6) is 0 Å². The summed E-state index contributed by atoms with van der Waals surface area (Å²) in [5.41, 5.74) is 2.65. The van der Waals surface area contributed by atoms with Crippen LogP contribution in [-0.4, -0.2) is 18.1 Å². The van der Waals surface area contributed by atoms with Crippen LogP contribution >= 0.6 is 22.9 Å². The van der Waals surface area contributed by atoms with Crippen molar-refractivity contribution in [2.45, 2.75) is 25.7 Å². The molecule has 0 amide bonds. The second-order valence-electron chi connectivity index (χ2n) is 5.32. The third-order valence-electron chi connectivity index (χ3n) is 3.93. The largest absolute Gasteiger partial charge is 0.315 e. The van der Waals surface area contributed by atoms with Crippen LogP contribution in [0.4, 0.5) is 0 Å². The molecule has 0 saturated carbocycles. The Bertz CT molecular complexity index is 582. The molecule has 0 radical (unpaired) electrons. The van der Waals surface area contributed by atoms with Crippen LogP contribution in [0.25, 0.3) is 0 Å². The molecule has 0 atom stereocenters. The predicted octanol–water partition coefficient (Wildman–Crippen LogP) is 3.50. The van der Waals surface area contributed by atoms with Crippen LogP contribution in [0.2, 0.25) is 5.02 Å². The first kappa shape index (κ1) is 13.1.